The number of rotatable bonds is 8. The number of hydrogen-bond acceptors (Lipinski definition) is 6. The molecule has 0 spiro atoms. The number of aliphatic imine (C=N–C) groups is 2. The van der Waals surface area contributed by atoms with Crippen LogP contribution in [0.15, 0.2) is 82.8 Å². The molecule has 1 aliphatic carbocycles. The van der Waals surface area contributed by atoms with Crippen LogP contribution in [0.1, 0.15) is 113 Å². The van der Waals surface area contributed by atoms with E-state index in [4.69, 9.17) is 19.5 Å². The quantitative estimate of drug-likeness (QED) is 0.147. The molecule has 0 heterocycles. The third kappa shape index (κ3) is 8.94. The summed E-state index contributed by atoms with van der Waals surface area (Å²) in [7, 11) is 0. The van der Waals surface area contributed by atoms with E-state index >= 15 is 0 Å². The molecule has 0 N–H and O–H groups in total. The minimum Gasteiger partial charge on any atom is -0.873 e. The van der Waals surface area contributed by atoms with Crippen LogP contribution in [0.4, 0.5) is 11.4 Å². The maximum Gasteiger partial charge on any atom is 2.00 e. The first kappa shape index (κ1) is 43.1. The second kappa shape index (κ2) is 17.5. The minimum absolute atomic E-state index is 0. The van der Waals surface area contributed by atoms with E-state index in [0.717, 1.165) is 46.8 Å². The van der Waals surface area contributed by atoms with E-state index in [1.165, 1.54) is 33.0 Å². The zero-order valence-electron chi connectivity index (χ0n) is 34.6. The molecule has 55 heavy (non-hydrogen) atoms. The maximum atomic E-state index is 12.8. The Morgan fingerprint density at radius 1 is 0.527 bits per heavy atom. The number of aryl methyl sites for hydroxylation is 4. The van der Waals surface area contributed by atoms with Crippen LogP contribution < -0.4 is 19.7 Å². The molecular formula is C48H56N2NiO4. The summed E-state index contributed by atoms with van der Waals surface area (Å²) in [5, 5.41) is 28.2. The van der Waals surface area contributed by atoms with Gasteiger partial charge in [-0.3, -0.25) is 0 Å². The van der Waals surface area contributed by atoms with Gasteiger partial charge in [-0.1, -0.05) is 128 Å². The average molecular weight is 784 g/mol. The van der Waals surface area contributed by atoms with Crippen LogP contribution in [-0.2, 0) is 27.3 Å². The van der Waals surface area contributed by atoms with Crippen molar-refractivity contribution in [3.8, 4) is 23.0 Å². The Hall–Kier alpha value is -4.61. The first-order valence-electron chi connectivity index (χ1n) is 19.2. The molecule has 0 bridgehead atoms. The van der Waals surface area contributed by atoms with Gasteiger partial charge in [0, 0.05) is 16.5 Å². The number of ether oxygens (including phenoxy) is 2. The van der Waals surface area contributed by atoms with Crippen LogP contribution in [0.2, 0.25) is 0 Å². The molecule has 6 nitrogen and oxygen atoms in total. The summed E-state index contributed by atoms with van der Waals surface area (Å²) in [6.45, 7) is 25.0. The Bertz CT molecular complexity index is 2050. The Labute approximate surface area is 338 Å². The molecule has 0 amide bonds. The summed E-state index contributed by atoms with van der Waals surface area (Å²) in [6.07, 6.45) is 1.63. The molecule has 0 atom stereocenters. The summed E-state index contributed by atoms with van der Waals surface area (Å²) in [6, 6.07) is 25.6. The third-order valence-corrected chi connectivity index (χ3v) is 9.69. The van der Waals surface area contributed by atoms with Crippen LogP contribution in [0.25, 0.3) is 10.8 Å². The molecule has 0 saturated carbocycles. The van der Waals surface area contributed by atoms with E-state index < -0.39 is 22.3 Å². The van der Waals surface area contributed by atoms with Gasteiger partial charge in [-0.2, -0.15) is 0 Å². The molecule has 0 radical (unpaired) electrons. The molecule has 0 aliphatic heterocycles. The molecule has 7 heteroatoms. The Balaban J connectivity index is 0.000000248. The summed E-state index contributed by atoms with van der Waals surface area (Å²) >= 11 is 0. The fraction of sp³-hybridized carbons (Fsp3) is 0.375. The third-order valence-electron chi connectivity index (χ3n) is 9.69. The molecule has 6 rings (SSSR count). The molecule has 0 fully saturated rings. The van der Waals surface area contributed by atoms with Gasteiger partial charge < -0.3 is 19.7 Å². The monoisotopic (exact) mass is 782 g/mol. The van der Waals surface area contributed by atoms with E-state index in [2.05, 4.69) is 100 Å². The molecule has 1 aliphatic rings. The van der Waals surface area contributed by atoms with Gasteiger partial charge in [-0.25, -0.2) is 9.98 Å². The van der Waals surface area contributed by atoms with Gasteiger partial charge in [0.15, 0.2) is 11.5 Å². The van der Waals surface area contributed by atoms with Crippen molar-refractivity contribution in [3.05, 3.63) is 117 Å². The van der Waals surface area contributed by atoms with Crippen molar-refractivity contribution >= 4 is 33.6 Å². The largest absolute Gasteiger partial charge is 2.00 e. The van der Waals surface area contributed by atoms with Crippen molar-refractivity contribution in [2.75, 3.05) is 13.2 Å². The van der Waals surface area contributed by atoms with E-state index in [1.54, 1.807) is 0 Å². The molecule has 5 aromatic rings. The topological polar surface area (TPSA) is 89.3 Å². The zero-order chi connectivity index (χ0) is 39.5. The van der Waals surface area contributed by atoms with Crippen molar-refractivity contribution < 1.29 is 36.2 Å². The van der Waals surface area contributed by atoms with E-state index in [1.807, 2.05) is 55.4 Å². The van der Waals surface area contributed by atoms with E-state index in [-0.39, 0.29) is 16.5 Å². The van der Waals surface area contributed by atoms with Crippen LogP contribution in [0.3, 0.4) is 0 Å². The van der Waals surface area contributed by atoms with Gasteiger partial charge in [0.25, 0.3) is 0 Å². The standard InChI is InChI=1S/C28H24N2.C20H34O4.Ni/c1-17-9-5-10-18(2)25(17)29-27-22-15-7-13-21-14-8-16-23(24(21)22)28(27)30-26-19(3)11-6-12-20(26)4;1-9-11-23-17-13(19(3,4)5)15(21)16(22)14(20(6,7)8)18(17)24-12-10-2;/h5-16H,1-4H3;21-22H,9-12H2,1-8H3;/q;;+2/p-2. The fourth-order valence-electron chi connectivity index (χ4n) is 7.11. The number of nitrogens with zero attached hydrogens (tertiary/aromatic N) is 2. The van der Waals surface area contributed by atoms with Gasteiger partial charge in [0.2, 0.25) is 0 Å². The molecule has 0 unspecified atom stereocenters. The van der Waals surface area contributed by atoms with Crippen molar-refractivity contribution in [2.45, 2.75) is 107 Å². The van der Waals surface area contributed by atoms with Gasteiger partial charge in [-0.15, -0.1) is 11.5 Å². The second-order valence-electron chi connectivity index (χ2n) is 16.4. The van der Waals surface area contributed by atoms with Gasteiger partial charge >= 0.3 is 16.5 Å². The Morgan fingerprint density at radius 3 is 1.16 bits per heavy atom. The second-order valence-corrected chi connectivity index (χ2v) is 16.4. The first-order valence-corrected chi connectivity index (χ1v) is 19.2. The predicted molar refractivity (Wildman–Crippen MR) is 222 cm³/mol. The van der Waals surface area contributed by atoms with Crippen LogP contribution in [0.5, 0.6) is 23.0 Å². The van der Waals surface area contributed by atoms with Crippen molar-refractivity contribution in [1.29, 1.82) is 0 Å². The Kier molecular flexibility index (Phi) is 13.7. The summed E-state index contributed by atoms with van der Waals surface area (Å²) < 4.78 is 11.9. The van der Waals surface area contributed by atoms with Crippen LogP contribution in [0, 0.1) is 27.7 Å². The number of hydrogen-bond donors (Lipinski definition) is 0. The van der Waals surface area contributed by atoms with Gasteiger partial charge in [-0.05, 0) is 90.1 Å². The van der Waals surface area contributed by atoms with Crippen LogP contribution >= 0.6 is 0 Å². The molecule has 0 saturated heterocycles. The minimum atomic E-state index is -0.500. The fourth-order valence-corrected chi connectivity index (χ4v) is 7.11. The van der Waals surface area contributed by atoms with Gasteiger partial charge in [0.1, 0.15) is 0 Å². The smallest absolute Gasteiger partial charge is 0.873 e. The molecular weight excluding hydrogens is 727 g/mol. The first-order chi connectivity index (χ1) is 25.5. The predicted octanol–water partition coefficient (Wildman–Crippen LogP) is 11.3. The van der Waals surface area contributed by atoms with E-state index in [9.17, 15) is 10.2 Å². The summed E-state index contributed by atoms with van der Waals surface area (Å²) in [4.78, 5) is 10.4. The van der Waals surface area contributed by atoms with Crippen molar-refractivity contribution in [3.63, 3.8) is 0 Å². The SMILES string of the molecule is CCCOc1c(OCCC)c(C(C)(C)C)c([O-])c([O-])c1C(C)(C)C.Cc1cccc(C)c1N=C1C(=Nc2c(C)cccc2C)c2cccc3cccc1c23.[Ni+2]. The maximum absolute atomic E-state index is 12.8. The summed E-state index contributed by atoms with van der Waals surface area (Å²) in [5.74, 6) is -0.0376. The van der Waals surface area contributed by atoms with Crippen LogP contribution in [-0.4, -0.2) is 24.6 Å². The van der Waals surface area contributed by atoms with Crippen molar-refractivity contribution in [1.82, 2.24) is 0 Å². The summed E-state index contributed by atoms with van der Waals surface area (Å²) in [5.41, 5.74) is 10.9. The van der Waals surface area contributed by atoms with Gasteiger partial charge in [0.05, 0.1) is 36.0 Å². The number of para-hydroxylation sites is 2. The van der Waals surface area contributed by atoms with Crippen molar-refractivity contribution in [2.24, 2.45) is 9.98 Å². The van der Waals surface area contributed by atoms with E-state index in [0.29, 0.717) is 35.8 Å². The number of benzene rings is 5. The normalized spacial score (nSPS) is 13.8. The zero-order valence-corrected chi connectivity index (χ0v) is 35.6. The average Bonchev–Trinajstić information content (AvgIpc) is 3.40. The molecule has 0 aromatic heterocycles. The molecule has 292 valence electrons. The Morgan fingerprint density at radius 2 is 0.855 bits per heavy atom. The molecule has 5 aromatic carbocycles.